The van der Waals surface area contributed by atoms with Crippen molar-refractivity contribution >= 4 is 11.9 Å². The summed E-state index contributed by atoms with van der Waals surface area (Å²) in [4.78, 5) is 22.1. The molecule has 43 heavy (non-hydrogen) atoms. The lowest BCUT2D eigenvalue weighted by atomic mass is 9.78. The van der Waals surface area contributed by atoms with Crippen molar-refractivity contribution in [3.63, 3.8) is 0 Å². The van der Waals surface area contributed by atoms with Crippen LogP contribution in [0.1, 0.15) is 38.8 Å². The molecule has 0 spiro atoms. The zero-order valence-corrected chi connectivity index (χ0v) is 25.4. The van der Waals surface area contributed by atoms with E-state index in [0.29, 0.717) is 24.7 Å². The van der Waals surface area contributed by atoms with Crippen LogP contribution in [0.4, 0.5) is 0 Å². The highest BCUT2D eigenvalue weighted by Crippen LogP contribution is 2.33. The van der Waals surface area contributed by atoms with Crippen molar-refractivity contribution in [2.75, 3.05) is 39.6 Å². The highest BCUT2D eigenvalue weighted by molar-refractivity contribution is 5.81. The van der Waals surface area contributed by atoms with Crippen molar-refractivity contribution in [1.29, 1.82) is 0 Å². The number of hydrogen-bond acceptors (Lipinski definition) is 10. The van der Waals surface area contributed by atoms with Crippen molar-refractivity contribution < 1.29 is 48.2 Å². The summed E-state index contributed by atoms with van der Waals surface area (Å²) in [6.07, 6.45) is -0.350. The number of aliphatic hydroxyl groups excluding tert-OH is 2. The minimum Gasteiger partial charge on any atom is -0.491 e. The SMILES string of the molecule is C=CC(=O)OCC(O)COC(C)COc1ccc(C(C)(C)c2ccc(OCC(C)OCC(O)COC(=O)C=C)cc2)cc1. The Kier molecular flexibility index (Phi) is 14.9. The normalized spacial score (nSPS) is 14.1. The Labute approximate surface area is 253 Å². The fourth-order valence-electron chi connectivity index (χ4n) is 3.75. The smallest absolute Gasteiger partial charge is 0.330 e. The Morgan fingerprint density at radius 1 is 0.674 bits per heavy atom. The quantitative estimate of drug-likeness (QED) is 0.171. The number of benzene rings is 2. The standard InChI is InChI=1S/C33H44O10/c1-7-31(36)42-21-27(34)19-38-23(3)17-40-29-13-9-25(10-14-29)33(5,6)26-11-15-30(16-12-26)41-18-24(4)39-20-28(35)22-43-32(37)8-2/h7-16,23-24,27-28,34-35H,1-2,17-22H2,3-6H3. The summed E-state index contributed by atoms with van der Waals surface area (Å²) in [5, 5.41) is 19.7. The fourth-order valence-corrected chi connectivity index (χ4v) is 3.75. The summed E-state index contributed by atoms with van der Waals surface area (Å²) in [6, 6.07) is 15.7. The first-order valence-corrected chi connectivity index (χ1v) is 14.1. The van der Waals surface area contributed by atoms with Gasteiger partial charge in [-0.3, -0.25) is 0 Å². The Morgan fingerprint density at radius 2 is 1.02 bits per heavy atom. The lowest BCUT2D eigenvalue weighted by Gasteiger charge is -2.27. The van der Waals surface area contributed by atoms with Gasteiger partial charge in [-0.05, 0) is 49.2 Å². The van der Waals surface area contributed by atoms with E-state index >= 15 is 0 Å². The third-order valence-corrected chi connectivity index (χ3v) is 6.44. The summed E-state index contributed by atoms with van der Waals surface area (Å²) in [5.74, 6) is 0.201. The molecule has 0 amide bonds. The van der Waals surface area contributed by atoms with Gasteiger partial charge in [-0.2, -0.15) is 0 Å². The first-order chi connectivity index (χ1) is 20.4. The van der Waals surface area contributed by atoms with Crippen molar-refractivity contribution in [2.45, 2.75) is 57.5 Å². The largest absolute Gasteiger partial charge is 0.491 e. The van der Waals surface area contributed by atoms with Gasteiger partial charge in [0.2, 0.25) is 0 Å². The molecule has 0 bridgehead atoms. The van der Waals surface area contributed by atoms with Crippen LogP contribution in [-0.4, -0.2) is 86.2 Å². The lowest BCUT2D eigenvalue weighted by Crippen LogP contribution is -2.28. The number of esters is 2. The maximum atomic E-state index is 11.1. The van der Waals surface area contributed by atoms with Crippen LogP contribution in [0.25, 0.3) is 0 Å². The molecular formula is C33H44O10. The third kappa shape index (κ3) is 13.0. The number of hydrogen-bond donors (Lipinski definition) is 2. The number of carbonyl (C=O) groups excluding carboxylic acids is 2. The van der Waals surface area contributed by atoms with E-state index < -0.39 is 24.1 Å². The van der Waals surface area contributed by atoms with Gasteiger partial charge in [0, 0.05) is 17.6 Å². The molecule has 0 fully saturated rings. The average Bonchev–Trinajstić information content (AvgIpc) is 3.02. The molecule has 10 heteroatoms. The molecule has 10 nitrogen and oxygen atoms in total. The minimum absolute atomic E-state index is 0.0133. The van der Waals surface area contributed by atoms with Gasteiger partial charge in [0.05, 0.1) is 25.4 Å². The molecule has 2 rings (SSSR count). The van der Waals surface area contributed by atoms with Crippen LogP contribution in [-0.2, 0) is 34.0 Å². The first-order valence-electron chi connectivity index (χ1n) is 14.1. The maximum absolute atomic E-state index is 11.1. The van der Waals surface area contributed by atoms with Crippen molar-refractivity contribution in [2.24, 2.45) is 0 Å². The predicted molar refractivity (Wildman–Crippen MR) is 161 cm³/mol. The van der Waals surface area contributed by atoms with E-state index in [9.17, 15) is 19.8 Å². The van der Waals surface area contributed by atoms with Crippen LogP contribution in [0.15, 0.2) is 73.8 Å². The zero-order chi connectivity index (χ0) is 31.8. The molecule has 0 saturated heterocycles. The van der Waals surface area contributed by atoms with Crippen LogP contribution in [0.3, 0.4) is 0 Å². The Bertz CT molecular complexity index is 1050. The molecule has 0 radical (unpaired) electrons. The fraction of sp³-hybridized carbons (Fsp3) is 0.455. The number of carbonyl (C=O) groups is 2. The van der Waals surface area contributed by atoms with Gasteiger partial charge in [0.1, 0.15) is 50.1 Å². The molecular weight excluding hydrogens is 556 g/mol. The Hall–Kier alpha value is -3.70. The van der Waals surface area contributed by atoms with Gasteiger partial charge in [-0.15, -0.1) is 0 Å². The minimum atomic E-state index is -0.931. The molecule has 0 aliphatic rings. The Morgan fingerprint density at radius 3 is 1.35 bits per heavy atom. The summed E-state index contributed by atoms with van der Waals surface area (Å²) in [6.45, 7) is 14.8. The van der Waals surface area contributed by atoms with Crippen molar-refractivity contribution in [1.82, 2.24) is 0 Å². The van der Waals surface area contributed by atoms with Crippen LogP contribution < -0.4 is 9.47 Å². The Balaban J connectivity index is 1.78. The van der Waals surface area contributed by atoms with E-state index in [2.05, 4.69) is 27.0 Å². The van der Waals surface area contributed by atoms with Gasteiger partial charge in [0.25, 0.3) is 0 Å². The molecule has 4 atom stereocenters. The molecule has 2 N–H and O–H groups in total. The van der Waals surface area contributed by atoms with Gasteiger partial charge < -0.3 is 38.6 Å². The van der Waals surface area contributed by atoms with Crippen molar-refractivity contribution in [3.8, 4) is 11.5 Å². The van der Waals surface area contributed by atoms with E-state index in [-0.39, 0.29) is 44.1 Å². The number of aliphatic hydroxyl groups is 2. The number of rotatable bonds is 20. The summed E-state index contributed by atoms with van der Waals surface area (Å²) < 4.78 is 32.4. The molecule has 0 heterocycles. The molecule has 0 aliphatic heterocycles. The molecule has 236 valence electrons. The third-order valence-electron chi connectivity index (χ3n) is 6.44. The van der Waals surface area contributed by atoms with Gasteiger partial charge in [0.15, 0.2) is 0 Å². The summed E-state index contributed by atoms with van der Waals surface area (Å²) in [7, 11) is 0. The lowest BCUT2D eigenvalue weighted by molar-refractivity contribution is -0.143. The topological polar surface area (TPSA) is 130 Å². The van der Waals surface area contributed by atoms with Gasteiger partial charge >= 0.3 is 11.9 Å². The van der Waals surface area contributed by atoms with Crippen LogP contribution in [0.2, 0.25) is 0 Å². The van der Waals surface area contributed by atoms with Gasteiger partial charge in [-0.1, -0.05) is 51.3 Å². The molecule has 0 saturated carbocycles. The second-order valence-corrected chi connectivity index (χ2v) is 10.6. The molecule has 0 aliphatic carbocycles. The molecule has 2 aromatic rings. The molecule has 0 aromatic heterocycles. The van der Waals surface area contributed by atoms with Crippen LogP contribution in [0, 0.1) is 0 Å². The van der Waals surface area contributed by atoms with Crippen LogP contribution in [0.5, 0.6) is 11.5 Å². The second kappa shape index (κ2) is 18.1. The predicted octanol–water partition coefficient (Wildman–Crippen LogP) is 3.76. The highest BCUT2D eigenvalue weighted by atomic mass is 16.6. The molecule has 2 aromatic carbocycles. The van der Waals surface area contributed by atoms with E-state index in [1.165, 1.54) is 0 Å². The molecule has 4 unspecified atom stereocenters. The van der Waals surface area contributed by atoms with E-state index in [1.54, 1.807) is 0 Å². The second-order valence-electron chi connectivity index (χ2n) is 10.6. The van der Waals surface area contributed by atoms with Gasteiger partial charge in [-0.25, -0.2) is 9.59 Å². The first kappa shape index (κ1) is 35.5. The highest BCUT2D eigenvalue weighted by Gasteiger charge is 2.23. The summed E-state index contributed by atoms with van der Waals surface area (Å²) >= 11 is 0. The summed E-state index contributed by atoms with van der Waals surface area (Å²) in [5.41, 5.74) is 1.93. The van der Waals surface area contributed by atoms with E-state index in [1.807, 2.05) is 62.4 Å². The zero-order valence-electron chi connectivity index (χ0n) is 25.4. The maximum Gasteiger partial charge on any atom is 0.330 e. The average molecular weight is 601 g/mol. The van der Waals surface area contributed by atoms with E-state index in [0.717, 1.165) is 23.3 Å². The number of ether oxygens (including phenoxy) is 6. The monoisotopic (exact) mass is 600 g/mol. The van der Waals surface area contributed by atoms with Crippen molar-refractivity contribution in [3.05, 3.63) is 85.0 Å². The van der Waals surface area contributed by atoms with E-state index in [4.69, 9.17) is 28.4 Å². The van der Waals surface area contributed by atoms with Crippen LogP contribution >= 0.6 is 0 Å².